The highest BCUT2D eigenvalue weighted by Gasteiger charge is 2.18. The number of aryl methyl sites for hydroxylation is 1. The molecule has 0 unspecified atom stereocenters. The van der Waals surface area contributed by atoms with Gasteiger partial charge in [0.05, 0.1) is 17.7 Å². The Morgan fingerprint density at radius 3 is 2.62 bits per heavy atom. The molecule has 0 aliphatic carbocycles. The number of ether oxygens (including phenoxy) is 1. The van der Waals surface area contributed by atoms with Crippen molar-refractivity contribution in [3.63, 3.8) is 0 Å². The van der Waals surface area contributed by atoms with Gasteiger partial charge in [-0.1, -0.05) is 35.9 Å². The molecule has 1 N–H and O–H groups in total. The van der Waals surface area contributed by atoms with E-state index in [9.17, 15) is 9.59 Å². The maximum Gasteiger partial charge on any atom is 0.337 e. The van der Waals surface area contributed by atoms with Crippen molar-refractivity contribution >= 4 is 50.6 Å². The number of carbonyl (C=O) groups is 2. The molecule has 1 aromatic heterocycles. The predicted octanol–water partition coefficient (Wildman–Crippen LogP) is 4.90. The molecule has 6 heteroatoms. The van der Waals surface area contributed by atoms with Crippen LogP contribution in [0.2, 0.25) is 5.02 Å². The number of hydrogen-bond acceptors (Lipinski definition) is 4. The van der Waals surface area contributed by atoms with Crippen molar-refractivity contribution in [2.75, 3.05) is 12.4 Å². The minimum absolute atomic E-state index is 0.300. The Hall–Kier alpha value is -2.37. The maximum absolute atomic E-state index is 12.6. The first-order valence-corrected chi connectivity index (χ1v) is 8.38. The first-order valence-electron chi connectivity index (χ1n) is 7.18. The van der Waals surface area contributed by atoms with E-state index in [0.717, 1.165) is 15.6 Å². The van der Waals surface area contributed by atoms with Crippen LogP contribution in [-0.4, -0.2) is 19.0 Å². The summed E-state index contributed by atoms with van der Waals surface area (Å²) in [5.74, 6) is -0.753. The van der Waals surface area contributed by atoms with E-state index in [4.69, 9.17) is 16.3 Å². The number of anilines is 1. The fraction of sp³-hybridized carbons (Fsp3) is 0.111. The third-order valence-corrected chi connectivity index (χ3v) is 5.32. The summed E-state index contributed by atoms with van der Waals surface area (Å²) < 4.78 is 5.66. The van der Waals surface area contributed by atoms with Crippen LogP contribution >= 0.6 is 22.9 Å². The van der Waals surface area contributed by atoms with Gasteiger partial charge < -0.3 is 10.1 Å². The van der Waals surface area contributed by atoms with Crippen LogP contribution in [-0.2, 0) is 4.74 Å². The first-order chi connectivity index (χ1) is 11.5. The largest absolute Gasteiger partial charge is 0.465 e. The average molecular weight is 360 g/mol. The van der Waals surface area contributed by atoms with E-state index < -0.39 is 5.97 Å². The molecule has 3 aromatic rings. The molecular weight excluding hydrogens is 346 g/mol. The lowest BCUT2D eigenvalue weighted by molar-refractivity contribution is 0.0600. The summed E-state index contributed by atoms with van der Waals surface area (Å²) in [6.45, 7) is 1.85. The number of carbonyl (C=O) groups excluding carboxylic acids is 2. The first kappa shape index (κ1) is 16.5. The molecule has 0 bridgehead atoms. The molecule has 0 saturated carbocycles. The SMILES string of the molecule is COC(=O)c1ccc(C)c(NC(=O)c2sc3ccccc3c2Cl)c1. The predicted molar refractivity (Wildman–Crippen MR) is 97.3 cm³/mol. The lowest BCUT2D eigenvalue weighted by atomic mass is 10.1. The third-order valence-electron chi connectivity index (χ3n) is 3.65. The van der Waals surface area contributed by atoms with Crippen LogP contribution in [0.4, 0.5) is 5.69 Å². The molecule has 0 aliphatic heterocycles. The third kappa shape index (κ3) is 3.00. The molecule has 0 aliphatic rings. The molecule has 0 saturated heterocycles. The second kappa shape index (κ2) is 6.63. The molecule has 0 atom stereocenters. The van der Waals surface area contributed by atoms with Gasteiger partial charge in [0.1, 0.15) is 4.88 Å². The van der Waals surface area contributed by atoms with E-state index in [1.165, 1.54) is 18.4 Å². The van der Waals surface area contributed by atoms with Crippen molar-refractivity contribution < 1.29 is 14.3 Å². The molecule has 24 heavy (non-hydrogen) atoms. The number of fused-ring (bicyclic) bond motifs is 1. The van der Waals surface area contributed by atoms with Gasteiger partial charge in [0, 0.05) is 15.8 Å². The van der Waals surface area contributed by atoms with E-state index >= 15 is 0 Å². The Morgan fingerprint density at radius 2 is 1.92 bits per heavy atom. The number of hydrogen-bond donors (Lipinski definition) is 1. The number of esters is 1. The summed E-state index contributed by atoms with van der Waals surface area (Å²) >= 11 is 7.67. The summed E-state index contributed by atoms with van der Waals surface area (Å²) in [5.41, 5.74) is 1.77. The molecule has 122 valence electrons. The van der Waals surface area contributed by atoms with Crippen LogP contribution in [0.1, 0.15) is 25.6 Å². The lowest BCUT2D eigenvalue weighted by Gasteiger charge is -2.09. The number of methoxy groups -OCH3 is 1. The second-order valence-electron chi connectivity index (χ2n) is 5.22. The fourth-order valence-electron chi connectivity index (χ4n) is 2.34. The molecule has 0 radical (unpaired) electrons. The highest BCUT2D eigenvalue weighted by Crippen LogP contribution is 2.35. The topological polar surface area (TPSA) is 55.4 Å². The van der Waals surface area contributed by atoms with Gasteiger partial charge in [-0.15, -0.1) is 11.3 Å². The molecule has 4 nitrogen and oxygen atoms in total. The van der Waals surface area contributed by atoms with Crippen LogP contribution < -0.4 is 5.32 Å². The average Bonchev–Trinajstić information content (AvgIpc) is 2.93. The van der Waals surface area contributed by atoms with E-state index in [1.807, 2.05) is 31.2 Å². The highest BCUT2D eigenvalue weighted by atomic mass is 35.5. The Kier molecular flexibility index (Phi) is 4.55. The van der Waals surface area contributed by atoms with Crippen molar-refractivity contribution in [1.29, 1.82) is 0 Å². The monoisotopic (exact) mass is 359 g/mol. The van der Waals surface area contributed by atoms with E-state index in [-0.39, 0.29) is 5.91 Å². The lowest BCUT2D eigenvalue weighted by Crippen LogP contribution is -2.12. The molecule has 2 aromatic carbocycles. The molecule has 1 heterocycles. The zero-order chi connectivity index (χ0) is 17.3. The number of nitrogens with one attached hydrogen (secondary N) is 1. The highest BCUT2D eigenvalue weighted by molar-refractivity contribution is 7.21. The Morgan fingerprint density at radius 1 is 1.17 bits per heavy atom. The Bertz CT molecular complexity index is 949. The summed E-state index contributed by atoms with van der Waals surface area (Å²) in [6, 6.07) is 12.6. The Labute approximate surface area is 148 Å². The van der Waals surface area contributed by atoms with Gasteiger partial charge in [-0.2, -0.15) is 0 Å². The summed E-state index contributed by atoms with van der Waals surface area (Å²) in [7, 11) is 1.32. The van der Waals surface area contributed by atoms with Crippen molar-refractivity contribution in [2.45, 2.75) is 6.92 Å². The minimum atomic E-state index is -0.453. The standard InChI is InChI=1S/C18H14ClNO3S/c1-10-7-8-11(18(22)23-2)9-13(10)20-17(21)16-15(19)12-5-3-4-6-14(12)24-16/h3-9H,1-2H3,(H,20,21). The van der Waals surface area contributed by atoms with Crippen LogP contribution in [0.25, 0.3) is 10.1 Å². The number of amides is 1. The molecule has 3 rings (SSSR count). The van der Waals surface area contributed by atoms with Crippen molar-refractivity contribution in [1.82, 2.24) is 0 Å². The zero-order valence-corrected chi connectivity index (χ0v) is 14.6. The zero-order valence-electron chi connectivity index (χ0n) is 13.1. The Balaban J connectivity index is 1.94. The smallest absolute Gasteiger partial charge is 0.337 e. The fourth-order valence-corrected chi connectivity index (χ4v) is 3.75. The molecular formula is C18H14ClNO3S. The van der Waals surface area contributed by atoms with Gasteiger partial charge in [-0.3, -0.25) is 4.79 Å². The van der Waals surface area contributed by atoms with Crippen LogP contribution in [0.5, 0.6) is 0 Å². The van der Waals surface area contributed by atoms with E-state index in [2.05, 4.69) is 5.32 Å². The van der Waals surface area contributed by atoms with Gasteiger partial charge in [-0.05, 0) is 30.7 Å². The normalized spacial score (nSPS) is 10.6. The maximum atomic E-state index is 12.6. The van der Waals surface area contributed by atoms with Gasteiger partial charge in [0.15, 0.2) is 0 Å². The summed E-state index contributed by atoms with van der Waals surface area (Å²) in [6.07, 6.45) is 0. The number of benzene rings is 2. The van der Waals surface area contributed by atoms with E-state index in [0.29, 0.717) is 21.2 Å². The number of thiophene rings is 1. The minimum Gasteiger partial charge on any atom is -0.465 e. The molecule has 0 fully saturated rings. The van der Waals surface area contributed by atoms with Crippen molar-refractivity contribution in [3.8, 4) is 0 Å². The van der Waals surface area contributed by atoms with Gasteiger partial charge in [0.25, 0.3) is 5.91 Å². The second-order valence-corrected chi connectivity index (χ2v) is 6.65. The molecule has 1 amide bonds. The number of halogens is 1. The van der Waals surface area contributed by atoms with Crippen molar-refractivity contribution in [2.24, 2.45) is 0 Å². The van der Waals surface area contributed by atoms with Crippen LogP contribution in [0.15, 0.2) is 42.5 Å². The quantitative estimate of drug-likeness (QED) is 0.676. The van der Waals surface area contributed by atoms with Crippen LogP contribution in [0.3, 0.4) is 0 Å². The molecule has 0 spiro atoms. The summed E-state index contributed by atoms with van der Waals surface area (Å²) in [5, 5.41) is 4.12. The summed E-state index contributed by atoms with van der Waals surface area (Å²) in [4.78, 5) is 24.7. The van der Waals surface area contributed by atoms with Gasteiger partial charge in [0.2, 0.25) is 0 Å². The van der Waals surface area contributed by atoms with E-state index in [1.54, 1.807) is 18.2 Å². The van der Waals surface area contributed by atoms with Gasteiger partial charge >= 0.3 is 5.97 Å². The van der Waals surface area contributed by atoms with Crippen molar-refractivity contribution in [3.05, 3.63) is 63.5 Å². The number of rotatable bonds is 3. The van der Waals surface area contributed by atoms with Gasteiger partial charge in [-0.25, -0.2) is 4.79 Å². The van der Waals surface area contributed by atoms with Crippen LogP contribution in [0, 0.1) is 6.92 Å².